The van der Waals surface area contributed by atoms with Gasteiger partial charge in [0.1, 0.15) is 0 Å². The van der Waals surface area contributed by atoms with E-state index in [9.17, 15) is 5.11 Å². The molecule has 178 valence electrons. The molecule has 0 bridgehead atoms. The lowest BCUT2D eigenvalue weighted by Gasteiger charge is -2.12. The summed E-state index contributed by atoms with van der Waals surface area (Å²) in [5.41, 5.74) is 0. The lowest BCUT2D eigenvalue weighted by atomic mass is 9.95. The van der Waals surface area contributed by atoms with Gasteiger partial charge in [-0.05, 0) is 50.9 Å². The van der Waals surface area contributed by atoms with Gasteiger partial charge in [-0.25, -0.2) is 0 Å². The maximum atomic E-state index is 10.2. The van der Waals surface area contributed by atoms with Crippen LogP contribution in [0.2, 0.25) is 0 Å². The maximum absolute atomic E-state index is 10.2. The molecule has 0 aromatic heterocycles. The normalized spacial score (nSPS) is 14.1. The predicted molar refractivity (Wildman–Crippen MR) is 134 cm³/mol. The summed E-state index contributed by atoms with van der Waals surface area (Å²) < 4.78 is 5.10. The van der Waals surface area contributed by atoms with Crippen LogP contribution in [0.4, 0.5) is 0 Å². The minimum Gasteiger partial charge on any atom is -0.393 e. The number of methoxy groups -OCH3 is 1. The molecule has 0 aliphatic carbocycles. The van der Waals surface area contributed by atoms with E-state index in [4.69, 9.17) is 4.74 Å². The number of aliphatic hydroxyl groups excluding tert-OH is 1. The highest BCUT2D eigenvalue weighted by molar-refractivity contribution is 4.95. The summed E-state index contributed by atoms with van der Waals surface area (Å²) in [5.74, 6) is 0.638. The Bertz CT molecular complexity index is 375. The summed E-state index contributed by atoms with van der Waals surface area (Å²) in [6.45, 7) is 5.42. The van der Waals surface area contributed by atoms with Gasteiger partial charge in [-0.3, -0.25) is 0 Å². The third-order valence-corrected chi connectivity index (χ3v) is 5.96. The first kappa shape index (κ1) is 29.4. The van der Waals surface area contributed by atoms with Crippen LogP contribution in [-0.4, -0.2) is 24.9 Å². The van der Waals surface area contributed by atoms with Crippen molar-refractivity contribution in [3.63, 3.8) is 0 Å². The highest BCUT2D eigenvalue weighted by Gasteiger charge is 2.05. The summed E-state index contributed by atoms with van der Waals surface area (Å²) >= 11 is 0. The molecule has 0 aromatic rings. The van der Waals surface area contributed by atoms with Crippen molar-refractivity contribution in [2.45, 2.75) is 136 Å². The van der Waals surface area contributed by atoms with E-state index in [0.29, 0.717) is 5.92 Å². The molecule has 1 N–H and O–H groups in total. The molecule has 0 saturated carbocycles. The lowest BCUT2D eigenvalue weighted by molar-refractivity contribution is 0.163. The van der Waals surface area contributed by atoms with Gasteiger partial charge in [0.2, 0.25) is 0 Å². The van der Waals surface area contributed by atoms with Gasteiger partial charge in [0.25, 0.3) is 0 Å². The molecule has 2 nitrogen and oxygen atoms in total. The maximum Gasteiger partial charge on any atom is 0.0574 e. The molecule has 0 saturated heterocycles. The quantitative estimate of drug-likeness (QED) is 0.132. The monoisotopic (exact) mass is 422 g/mol. The van der Waals surface area contributed by atoms with E-state index in [-0.39, 0.29) is 6.10 Å². The Morgan fingerprint density at radius 3 is 2.00 bits per heavy atom. The fourth-order valence-corrected chi connectivity index (χ4v) is 3.91. The van der Waals surface area contributed by atoms with Crippen LogP contribution in [0.15, 0.2) is 24.3 Å². The molecule has 2 heteroatoms. The third-order valence-electron chi connectivity index (χ3n) is 5.96. The summed E-state index contributed by atoms with van der Waals surface area (Å²) in [4.78, 5) is 0. The Morgan fingerprint density at radius 2 is 1.30 bits per heavy atom. The van der Waals surface area contributed by atoms with E-state index < -0.39 is 0 Å². The second-order valence-electron chi connectivity index (χ2n) is 9.03. The van der Waals surface area contributed by atoms with Crippen molar-refractivity contribution in [3.8, 4) is 0 Å². The molecule has 0 radical (unpaired) electrons. The Balaban J connectivity index is 4.07. The van der Waals surface area contributed by atoms with E-state index in [1.807, 2.05) is 0 Å². The van der Waals surface area contributed by atoms with Gasteiger partial charge in [-0.2, -0.15) is 0 Å². The van der Waals surface area contributed by atoms with Crippen LogP contribution in [-0.2, 0) is 4.74 Å². The van der Waals surface area contributed by atoms with Gasteiger partial charge in [0.05, 0.1) is 6.10 Å². The largest absolute Gasteiger partial charge is 0.393 e. The van der Waals surface area contributed by atoms with Crippen molar-refractivity contribution >= 4 is 0 Å². The molecule has 0 aromatic carbocycles. The van der Waals surface area contributed by atoms with Crippen molar-refractivity contribution in [1.29, 1.82) is 0 Å². The highest BCUT2D eigenvalue weighted by atomic mass is 16.5. The first-order valence-corrected chi connectivity index (χ1v) is 13.2. The SMILES string of the molecule is CCCCCCC(O)C/C=C/C(C/C=C/CCCCCCCOC)CCCCCC. The number of aliphatic hydroxyl groups is 1. The van der Waals surface area contributed by atoms with Crippen LogP contribution in [0.5, 0.6) is 0 Å². The summed E-state index contributed by atoms with van der Waals surface area (Å²) in [6.07, 6.45) is 31.5. The smallest absolute Gasteiger partial charge is 0.0574 e. The number of rotatable bonds is 23. The molecule has 30 heavy (non-hydrogen) atoms. The van der Waals surface area contributed by atoms with E-state index in [2.05, 4.69) is 38.2 Å². The predicted octanol–water partition coefficient (Wildman–Crippen LogP) is 8.78. The Labute approximate surface area is 189 Å². The average Bonchev–Trinajstić information content (AvgIpc) is 2.75. The summed E-state index contributed by atoms with van der Waals surface area (Å²) in [7, 11) is 1.79. The molecule has 0 rings (SSSR count). The van der Waals surface area contributed by atoms with Crippen molar-refractivity contribution < 1.29 is 9.84 Å². The van der Waals surface area contributed by atoms with Crippen LogP contribution in [0.25, 0.3) is 0 Å². The molecule has 2 unspecified atom stereocenters. The zero-order chi connectivity index (χ0) is 22.1. The molecular formula is C28H54O2. The third kappa shape index (κ3) is 22.1. The van der Waals surface area contributed by atoms with E-state index in [0.717, 1.165) is 25.9 Å². The highest BCUT2D eigenvalue weighted by Crippen LogP contribution is 2.18. The van der Waals surface area contributed by atoms with Crippen LogP contribution >= 0.6 is 0 Å². The van der Waals surface area contributed by atoms with E-state index >= 15 is 0 Å². The molecule has 2 atom stereocenters. The lowest BCUT2D eigenvalue weighted by Crippen LogP contribution is -2.05. The average molecular weight is 423 g/mol. The zero-order valence-corrected chi connectivity index (χ0v) is 20.8. The van der Waals surface area contributed by atoms with Gasteiger partial charge in [-0.15, -0.1) is 0 Å². The van der Waals surface area contributed by atoms with E-state index in [1.54, 1.807) is 7.11 Å². The second kappa shape index (κ2) is 24.7. The molecule has 0 aliphatic rings. The zero-order valence-electron chi connectivity index (χ0n) is 20.8. The number of unbranched alkanes of at least 4 members (excludes halogenated alkanes) is 11. The van der Waals surface area contributed by atoms with Crippen molar-refractivity contribution in [2.24, 2.45) is 5.92 Å². The topological polar surface area (TPSA) is 29.5 Å². The van der Waals surface area contributed by atoms with Crippen LogP contribution in [0.3, 0.4) is 0 Å². The van der Waals surface area contributed by atoms with Gasteiger partial charge in [-0.1, -0.05) is 109 Å². The Morgan fingerprint density at radius 1 is 0.667 bits per heavy atom. The number of hydrogen-bond acceptors (Lipinski definition) is 2. The van der Waals surface area contributed by atoms with Gasteiger partial charge in [0, 0.05) is 13.7 Å². The van der Waals surface area contributed by atoms with Crippen LogP contribution in [0.1, 0.15) is 129 Å². The first-order chi connectivity index (χ1) is 14.7. The molecule has 0 heterocycles. The Hall–Kier alpha value is -0.600. The van der Waals surface area contributed by atoms with Gasteiger partial charge < -0.3 is 9.84 Å². The number of hydrogen-bond donors (Lipinski definition) is 1. The van der Waals surface area contributed by atoms with Crippen molar-refractivity contribution in [2.75, 3.05) is 13.7 Å². The van der Waals surface area contributed by atoms with Gasteiger partial charge in [0.15, 0.2) is 0 Å². The fourth-order valence-electron chi connectivity index (χ4n) is 3.91. The molecule has 0 fully saturated rings. The minimum absolute atomic E-state index is 0.154. The molecule has 0 aliphatic heterocycles. The van der Waals surface area contributed by atoms with Crippen LogP contribution < -0.4 is 0 Å². The number of allylic oxidation sites excluding steroid dienone is 3. The second-order valence-corrected chi connectivity index (χ2v) is 9.03. The summed E-state index contributed by atoms with van der Waals surface area (Å²) in [5, 5.41) is 10.2. The first-order valence-electron chi connectivity index (χ1n) is 13.2. The van der Waals surface area contributed by atoms with Crippen LogP contribution in [0, 0.1) is 5.92 Å². The number of ether oxygens (including phenoxy) is 1. The molecular weight excluding hydrogens is 368 g/mol. The molecule has 0 spiro atoms. The summed E-state index contributed by atoms with van der Waals surface area (Å²) in [6, 6.07) is 0. The standard InChI is InChI=1S/C28H54O2/c1-4-6-8-16-21-27(23-20-25-28(29)24-18-9-7-5-2)22-17-14-12-10-11-13-15-19-26-30-3/h14,17,20,23,27-29H,4-13,15-16,18-19,21-22,24-26H2,1-3H3/b17-14+,23-20+. The van der Waals surface area contributed by atoms with Crippen molar-refractivity contribution in [3.05, 3.63) is 24.3 Å². The molecule has 0 amide bonds. The minimum atomic E-state index is -0.154. The fraction of sp³-hybridized carbons (Fsp3) is 0.857. The van der Waals surface area contributed by atoms with Crippen molar-refractivity contribution in [1.82, 2.24) is 0 Å². The Kier molecular flexibility index (Phi) is 24.2. The van der Waals surface area contributed by atoms with E-state index in [1.165, 1.54) is 96.3 Å². The van der Waals surface area contributed by atoms with Gasteiger partial charge >= 0.3 is 0 Å².